The van der Waals surface area contributed by atoms with Gasteiger partial charge in [0.05, 0.1) is 0 Å². The van der Waals surface area contributed by atoms with Crippen molar-refractivity contribution in [1.29, 1.82) is 0 Å². The van der Waals surface area contributed by atoms with E-state index in [9.17, 15) is 4.79 Å². The Morgan fingerprint density at radius 3 is 2.92 bits per heavy atom. The van der Waals surface area contributed by atoms with Gasteiger partial charge in [-0.25, -0.2) is 4.98 Å². The second-order valence-corrected chi connectivity index (χ2v) is 3.98. The summed E-state index contributed by atoms with van der Waals surface area (Å²) in [6.07, 6.45) is 3.14. The number of hydrogen-bond donors (Lipinski definition) is 1. The van der Waals surface area contributed by atoms with Crippen molar-refractivity contribution in [2.45, 2.75) is 24.9 Å². The van der Waals surface area contributed by atoms with E-state index in [1.165, 1.54) is 11.8 Å². The lowest BCUT2D eigenvalue weighted by Gasteiger charge is -1.92. The van der Waals surface area contributed by atoms with Crippen LogP contribution in [0.4, 0.5) is 0 Å². The fourth-order valence-corrected chi connectivity index (χ4v) is 2.04. The maximum Gasteiger partial charge on any atom is 0.212 e. The predicted molar refractivity (Wildman–Crippen MR) is 49.3 cm³/mol. The molecule has 0 spiro atoms. The minimum absolute atomic E-state index is 0.203. The van der Waals surface area contributed by atoms with Gasteiger partial charge in [-0.05, 0) is 24.3 Å². The van der Waals surface area contributed by atoms with E-state index in [2.05, 4.69) is 15.2 Å². The van der Waals surface area contributed by atoms with Gasteiger partial charge in [0.25, 0.3) is 0 Å². The highest BCUT2D eigenvalue weighted by Crippen LogP contribution is 2.30. The summed E-state index contributed by atoms with van der Waals surface area (Å²) < 4.78 is 0. The molecule has 0 saturated heterocycles. The van der Waals surface area contributed by atoms with Gasteiger partial charge >= 0.3 is 0 Å². The molecule has 1 N–H and O–H groups in total. The van der Waals surface area contributed by atoms with E-state index in [-0.39, 0.29) is 5.78 Å². The third kappa shape index (κ3) is 1.98. The molecule has 5 heteroatoms. The maximum absolute atomic E-state index is 10.9. The highest BCUT2D eigenvalue weighted by molar-refractivity contribution is 8.03. The zero-order chi connectivity index (χ0) is 9.26. The zero-order valence-corrected chi connectivity index (χ0v) is 8.02. The van der Waals surface area contributed by atoms with E-state index in [0.717, 1.165) is 17.2 Å². The molecular formula is C8H9N3OS. The second kappa shape index (κ2) is 3.33. The van der Waals surface area contributed by atoms with Crippen LogP contribution in [0.5, 0.6) is 0 Å². The van der Waals surface area contributed by atoms with Gasteiger partial charge < -0.3 is 0 Å². The number of rotatable bonds is 2. The van der Waals surface area contributed by atoms with Crippen molar-refractivity contribution in [1.82, 2.24) is 15.2 Å². The summed E-state index contributed by atoms with van der Waals surface area (Å²) in [5, 5.41) is 7.43. The minimum Gasteiger partial charge on any atom is -0.295 e. The van der Waals surface area contributed by atoms with Crippen molar-refractivity contribution in [2.75, 3.05) is 0 Å². The zero-order valence-electron chi connectivity index (χ0n) is 7.20. The van der Waals surface area contributed by atoms with Gasteiger partial charge in [-0.1, -0.05) is 11.8 Å². The number of allylic oxidation sites excluding steroid dienone is 2. The standard InChI is InChI=1S/C8H9N3OS/c1-5-9-8(11-10-5)13-7-3-2-6(12)4-7/h4H,2-3H2,1H3,(H,9,10,11). The molecular weight excluding hydrogens is 186 g/mol. The van der Waals surface area contributed by atoms with Crippen molar-refractivity contribution < 1.29 is 4.79 Å². The lowest BCUT2D eigenvalue weighted by atomic mass is 10.3. The number of nitrogens with zero attached hydrogens (tertiary/aromatic N) is 2. The number of carbonyl (C=O) groups excluding carboxylic acids is 1. The molecule has 0 aliphatic heterocycles. The van der Waals surface area contributed by atoms with E-state index >= 15 is 0 Å². The summed E-state index contributed by atoms with van der Waals surface area (Å²) in [7, 11) is 0. The molecule has 0 bridgehead atoms. The van der Waals surface area contributed by atoms with Crippen molar-refractivity contribution in [2.24, 2.45) is 0 Å². The Morgan fingerprint density at radius 1 is 1.54 bits per heavy atom. The average molecular weight is 195 g/mol. The lowest BCUT2D eigenvalue weighted by Crippen LogP contribution is -1.80. The quantitative estimate of drug-likeness (QED) is 0.776. The summed E-state index contributed by atoms with van der Waals surface area (Å²) in [5.74, 6) is 1.00. The molecule has 13 heavy (non-hydrogen) atoms. The first-order valence-corrected chi connectivity index (χ1v) is 4.86. The number of ketones is 1. The molecule has 0 aromatic carbocycles. The molecule has 0 saturated carbocycles. The molecule has 0 radical (unpaired) electrons. The normalized spacial score (nSPS) is 16.4. The highest BCUT2D eigenvalue weighted by atomic mass is 32.2. The molecule has 0 atom stereocenters. The van der Waals surface area contributed by atoms with Crippen LogP contribution in [0.15, 0.2) is 16.1 Å². The van der Waals surface area contributed by atoms with Crippen molar-refractivity contribution in [3.63, 3.8) is 0 Å². The van der Waals surface area contributed by atoms with Crippen LogP contribution in [0.2, 0.25) is 0 Å². The van der Waals surface area contributed by atoms with Crippen LogP contribution in [0.1, 0.15) is 18.7 Å². The van der Waals surface area contributed by atoms with Crippen LogP contribution >= 0.6 is 11.8 Å². The molecule has 1 heterocycles. The Balaban J connectivity index is 2.06. The average Bonchev–Trinajstić information content (AvgIpc) is 2.62. The topological polar surface area (TPSA) is 58.6 Å². The molecule has 1 aromatic heterocycles. The number of aryl methyl sites for hydroxylation is 1. The Hall–Kier alpha value is -1.10. The molecule has 2 rings (SSSR count). The van der Waals surface area contributed by atoms with E-state index in [1.807, 2.05) is 6.92 Å². The highest BCUT2D eigenvalue weighted by Gasteiger charge is 2.14. The first-order valence-electron chi connectivity index (χ1n) is 4.04. The van der Waals surface area contributed by atoms with E-state index in [1.54, 1.807) is 6.08 Å². The van der Waals surface area contributed by atoms with Crippen LogP contribution in [-0.4, -0.2) is 21.0 Å². The number of H-pyrrole nitrogens is 1. The van der Waals surface area contributed by atoms with Gasteiger partial charge in [0.2, 0.25) is 5.16 Å². The number of nitrogens with one attached hydrogen (secondary N) is 1. The summed E-state index contributed by atoms with van der Waals surface area (Å²) in [6.45, 7) is 1.85. The van der Waals surface area contributed by atoms with Gasteiger partial charge in [0.15, 0.2) is 5.78 Å². The van der Waals surface area contributed by atoms with E-state index in [0.29, 0.717) is 11.6 Å². The van der Waals surface area contributed by atoms with E-state index in [4.69, 9.17) is 0 Å². The Bertz CT molecular complexity index is 369. The monoisotopic (exact) mass is 195 g/mol. The maximum atomic E-state index is 10.9. The van der Waals surface area contributed by atoms with Crippen LogP contribution in [0, 0.1) is 6.92 Å². The van der Waals surface area contributed by atoms with Crippen molar-refractivity contribution >= 4 is 17.5 Å². The fraction of sp³-hybridized carbons (Fsp3) is 0.375. The van der Waals surface area contributed by atoms with E-state index < -0.39 is 0 Å². The predicted octanol–water partition coefficient (Wildman–Crippen LogP) is 1.45. The van der Waals surface area contributed by atoms with Crippen LogP contribution in [-0.2, 0) is 4.79 Å². The molecule has 0 fully saturated rings. The Labute approximate surface area is 79.8 Å². The Morgan fingerprint density at radius 2 is 2.38 bits per heavy atom. The molecule has 0 amide bonds. The molecule has 1 aliphatic carbocycles. The lowest BCUT2D eigenvalue weighted by molar-refractivity contribution is -0.114. The van der Waals surface area contributed by atoms with Gasteiger partial charge in [-0.2, -0.15) is 0 Å². The van der Waals surface area contributed by atoms with Gasteiger partial charge in [0, 0.05) is 6.42 Å². The number of aromatic amines is 1. The molecule has 68 valence electrons. The molecule has 4 nitrogen and oxygen atoms in total. The number of aromatic nitrogens is 3. The van der Waals surface area contributed by atoms with Crippen molar-refractivity contribution in [3.8, 4) is 0 Å². The largest absolute Gasteiger partial charge is 0.295 e. The molecule has 0 unspecified atom stereocenters. The summed E-state index contributed by atoms with van der Waals surface area (Å²) in [6, 6.07) is 0. The molecule has 1 aliphatic rings. The Kier molecular flexibility index (Phi) is 2.18. The second-order valence-electron chi connectivity index (χ2n) is 2.88. The summed E-state index contributed by atoms with van der Waals surface area (Å²) in [4.78, 5) is 16.1. The number of carbonyl (C=O) groups is 1. The van der Waals surface area contributed by atoms with Crippen LogP contribution in [0.3, 0.4) is 0 Å². The van der Waals surface area contributed by atoms with Gasteiger partial charge in [-0.15, -0.1) is 5.10 Å². The number of hydrogen-bond acceptors (Lipinski definition) is 4. The first-order chi connectivity index (χ1) is 6.24. The third-order valence-corrected chi connectivity index (χ3v) is 2.69. The van der Waals surface area contributed by atoms with Gasteiger partial charge in [-0.3, -0.25) is 9.89 Å². The summed E-state index contributed by atoms with van der Waals surface area (Å²) >= 11 is 1.46. The summed E-state index contributed by atoms with van der Waals surface area (Å²) in [5.41, 5.74) is 0. The minimum atomic E-state index is 0.203. The van der Waals surface area contributed by atoms with Crippen LogP contribution < -0.4 is 0 Å². The van der Waals surface area contributed by atoms with Gasteiger partial charge in [0.1, 0.15) is 5.82 Å². The first kappa shape index (κ1) is 8.50. The molecule has 1 aromatic rings. The van der Waals surface area contributed by atoms with Crippen LogP contribution in [0.25, 0.3) is 0 Å². The smallest absolute Gasteiger partial charge is 0.212 e. The third-order valence-electron chi connectivity index (χ3n) is 1.74. The fourth-order valence-electron chi connectivity index (χ4n) is 1.14. The number of thioether (sulfide) groups is 1. The SMILES string of the molecule is Cc1nc(SC2=CC(=O)CC2)n[nH]1. The van der Waals surface area contributed by atoms with Crippen molar-refractivity contribution in [3.05, 3.63) is 16.8 Å².